The molecule has 0 amide bonds. The summed E-state index contributed by atoms with van der Waals surface area (Å²) in [6.07, 6.45) is 12.9. The van der Waals surface area contributed by atoms with Gasteiger partial charge in [0.2, 0.25) is 0 Å². The van der Waals surface area contributed by atoms with Gasteiger partial charge in [-0.2, -0.15) is 0 Å². The molecule has 0 radical (unpaired) electrons. The second-order valence-corrected chi connectivity index (χ2v) is 6.16. The Labute approximate surface area is 120 Å². The molecule has 0 heterocycles. The highest BCUT2D eigenvalue weighted by molar-refractivity contribution is 5.38. The lowest BCUT2D eigenvalue weighted by molar-refractivity contribution is 0.115. The fourth-order valence-corrected chi connectivity index (χ4v) is 2.70. The van der Waals surface area contributed by atoms with Gasteiger partial charge in [-0.05, 0) is 68.6 Å². The number of ether oxygens (including phenoxy) is 1. The van der Waals surface area contributed by atoms with Gasteiger partial charge in [-0.1, -0.05) is 24.6 Å². The zero-order chi connectivity index (χ0) is 13.9. The number of benzene rings is 1. The molecule has 0 saturated heterocycles. The van der Waals surface area contributed by atoms with Gasteiger partial charge in [0.25, 0.3) is 0 Å². The fraction of sp³-hybridized carbons (Fsp3) is 0.556. The van der Waals surface area contributed by atoms with Crippen molar-refractivity contribution in [2.24, 2.45) is 5.92 Å². The van der Waals surface area contributed by atoms with Crippen molar-refractivity contribution >= 4 is 0 Å². The molecule has 2 saturated carbocycles. The van der Waals surface area contributed by atoms with Crippen LogP contribution < -0.4 is 4.74 Å². The molecule has 0 spiro atoms. The minimum atomic E-state index is -0.175. The molecule has 3 rings (SSSR count). The Balaban J connectivity index is 1.65. The maximum atomic E-state index is 14.3. The Morgan fingerprint density at radius 2 is 1.95 bits per heavy atom. The number of halogens is 1. The van der Waals surface area contributed by atoms with E-state index in [0.29, 0.717) is 5.75 Å². The number of rotatable bonds is 5. The Morgan fingerprint density at radius 1 is 1.20 bits per heavy atom. The van der Waals surface area contributed by atoms with Gasteiger partial charge in [0, 0.05) is 0 Å². The van der Waals surface area contributed by atoms with Crippen LogP contribution in [0, 0.1) is 18.7 Å². The summed E-state index contributed by atoms with van der Waals surface area (Å²) in [6, 6.07) is 3.81. The molecule has 0 atom stereocenters. The molecule has 1 nitrogen and oxygen atoms in total. The summed E-state index contributed by atoms with van der Waals surface area (Å²) in [5.74, 6) is 1.02. The third-order valence-electron chi connectivity index (χ3n) is 4.70. The second-order valence-electron chi connectivity index (χ2n) is 6.16. The monoisotopic (exact) mass is 274 g/mol. The van der Waals surface area contributed by atoms with E-state index in [2.05, 4.69) is 12.2 Å². The maximum Gasteiger partial charge on any atom is 0.168 e. The average molecular weight is 274 g/mol. The Hall–Kier alpha value is -1.31. The molecule has 0 N–H and O–H groups in total. The zero-order valence-corrected chi connectivity index (χ0v) is 12.2. The van der Waals surface area contributed by atoms with E-state index in [1.54, 1.807) is 6.07 Å². The summed E-state index contributed by atoms with van der Waals surface area (Å²) in [7, 11) is 0. The van der Waals surface area contributed by atoms with Crippen molar-refractivity contribution in [3.8, 4) is 5.75 Å². The largest absolute Gasteiger partial charge is 0.487 e. The van der Waals surface area contributed by atoms with Crippen LogP contribution in [0.5, 0.6) is 5.75 Å². The van der Waals surface area contributed by atoms with Crippen LogP contribution in [-0.4, -0.2) is 6.10 Å². The van der Waals surface area contributed by atoms with Crippen LogP contribution in [0.4, 0.5) is 4.39 Å². The molecule has 0 aromatic heterocycles. The normalized spacial score (nSPS) is 19.9. The summed E-state index contributed by atoms with van der Waals surface area (Å²) in [4.78, 5) is 0. The van der Waals surface area contributed by atoms with E-state index in [1.165, 1.54) is 25.7 Å². The van der Waals surface area contributed by atoms with Crippen molar-refractivity contribution in [3.05, 3.63) is 41.2 Å². The lowest BCUT2D eigenvalue weighted by Crippen LogP contribution is -2.25. The predicted octanol–water partition coefficient (Wildman–Crippen LogP) is 4.96. The van der Waals surface area contributed by atoms with Crippen molar-refractivity contribution in [1.82, 2.24) is 0 Å². The quantitative estimate of drug-likeness (QED) is 0.689. The minimum Gasteiger partial charge on any atom is -0.487 e. The summed E-state index contributed by atoms with van der Waals surface area (Å²) < 4.78 is 20.0. The highest BCUT2D eigenvalue weighted by atomic mass is 19.1. The van der Waals surface area contributed by atoms with Crippen molar-refractivity contribution in [3.63, 3.8) is 0 Å². The topological polar surface area (TPSA) is 9.23 Å². The maximum absolute atomic E-state index is 14.3. The number of allylic oxidation sites excluding steroid dienone is 2. The van der Waals surface area contributed by atoms with E-state index in [9.17, 15) is 4.39 Å². The van der Waals surface area contributed by atoms with Gasteiger partial charge in [0.15, 0.2) is 11.6 Å². The first-order valence-electron chi connectivity index (χ1n) is 7.85. The summed E-state index contributed by atoms with van der Waals surface area (Å²) >= 11 is 0. The van der Waals surface area contributed by atoms with Crippen LogP contribution in [0.15, 0.2) is 24.3 Å². The number of hydrogen-bond acceptors (Lipinski definition) is 1. The molecule has 20 heavy (non-hydrogen) atoms. The first-order valence-corrected chi connectivity index (χ1v) is 7.85. The van der Waals surface area contributed by atoms with E-state index < -0.39 is 0 Å². The van der Waals surface area contributed by atoms with E-state index in [0.717, 1.165) is 36.3 Å². The van der Waals surface area contributed by atoms with Crippen LogP contribution in [0.1, 0.15) is 49.7 Å². The van der Waals surface area contributed by atoms with E-state index in [-0.39, 0.29) is 11.9 Å². The molecule has 108 valence electrons. The molecule has 2 aliphatic carbocycles. The van der Waals surface area contributed by atoms with Gasteiger partial charge in [-0.15, -0.1) is 0 Å². The molecule has 1 aromatic carbocycles. The lowest BCUT2D eigenvalue weighted by atomic mass is 9.85. The molecule has 0 aliphatic heterocycles. The summed E-state index contributed by atoms with van der Waals surface area (Å²) in [5, 5.41) is 0. The van der Waals surface area contributed by atoms with Gasteiger partial charge in [0.05, 0.1) is 6.10 Å². The zero-order valence-electron chi connectivity index (χ0n) is 12.2. The predicted molar refractivity (Wildman–Crippen MR) is 79.6 cm³/mol. The third-order valence-corrected chi connectivity index (χ3v) is 4.70. The average Bonchev–Trinajstić information content (AvgIpc) is 2.34. The van der Waals surface area contributed by atoms with Crippen LogP contribution in [0.3, 0.4) is 0 Å². The van der Waals surface area contributed by atoms with Crippen molar-refractivity contribution in [1.29, 1.82) is 0 Å². The molecule has 2 heteroatoms. The Morgan fingerprint density at radius 3 is 2.55 bits per heavy atom. The van der Waals surface area contributed by atoms with Crippen molar-refractivity contribution in [2.75, 3.05) is 0 Å². The SMILES string of the molecule is Cc1c(C/C=C/C2CCC2)ccc(OC2CCC2)c1F. The molecule has 1 aromatic rings. The second kappa shape index (κ2) is 5.99. The Kier molecular flexibility index (Phi) is 4.09. The molecule has 2 aliphatic rings. The summed E-state index contributed by atoms with van der Waals surface area (Å²) in [5.41, 5.74) is 1.80. The molecule has 0 bridgehead atoms. The number of hydrogen-bond donors (Lipinski definition) is 0. The van der Waals surface area contributed by atoms with Crippen molar-refractivity contribution < 1.29 is 9.13 Å². The highest BCUT2D eigenvalue weighted by Crippen LogP contribution is 2.30. The highest BCUT2D eigenvalue weighted by Gasteiger charge is 2.21. The van der Waals surface area contributed by atoms with Gasteiger partial charge in [0.1, 0.15) is 0 Å². The van der Waals surface area contributed by atoms with Gasteiger partial charge >= 0.3 is 0 Å². The molecular weight excluding hydrogens is 251 g/mol. The molecule has 2 fully saturated rings. The third kappa shape index (κ3) is 2.89. The van der Waals surface area contributed by atoms with E-state index in [1.807, 2.05) is 13.0 Å². The first kappa shape index (κ1) is 13.7. The first-order chi connectivity index (χ1) is 9.74. The van der Waals surface area contributed by atoms with Crippen LogP contribution in [0.2, 0.25) is 0 Å². The molecular formula is C18H23FO. The van der Waals surface area contributed by atoms with Crippen molar-refractivity contribution in [2.45, 2.75) is 58.0 Å². The van der Waals surface area contributed by atoms with E-state index >= 15 is 0 Å². The summed E-state index contributed by atoms with van der Waals surface area (Å²) in [6.45, 7) is 1.86. The standard InChI is InChI=1S/C18H23FO/c1-13-15(8-3-7-14-5-2-6-14)11-12-17(18(13)19)20-16-9-4-10-16/h3,7,11-12,14,16H,2,4-6,8-10H2,1H3/b7-3+. The lowest BCUT2D eigenvalue weighted by Gasteiger charge is -2.27. The van der Waals surface area contributed by atoms with Crippen LogP contribution in [-0.2, 0) is 6.42 Å². The van der Waals surface area contributed by atoms with Gasteiger partial charge < -0.3 is 4.74 Å². The fourth-order valence-electron chi connectivity index (χ4n) is 2.70. The smallest absolute Gasteiger partial charge is 0.168 e. The van der Waals surface area contributed by atoms with E-state index in [4.69, 9.17) is 4.74 Å². The van der Waals surface area contributed by atoms with Crippen LogP contribution in [0.25, 0.3) is 0 Å². The molecule has 0 unspecified atom stereocenters. The van der Waals surface area contributed by atoms with Gasteiger partial charge in [-0.25, -0.2) is 4.39 Å². The minimum absolute atomic E-state index is 0.175. The van der Waals surface area contributed by atoms with Crippen LogP contribution >= 0.6 is 0 Å². The van der Waals surface area contributed by atoms with Gasteiger partial charge in [-0.3, -0.25) is 0 Å². The Bertz CT molecular complexity index is 498.